The van der Waals surface area contributed by atoms with Gasteiger partial charge in [-0.2, -0.15) is 0 Å². The van der Waals surface area contributed by atoms with Crippen molar-refractivity contribution in [2.24, 2.45) is 0 Å². The Morgan fingerprint density at radius 2 is 1.35 bits per heavy atom. The van der Waals surface area contributed by atoms with Crippen molar-refractivity contribution in [3.05, 3.63) is 0 Å². The van der Waals surface area contributed by atoms with Crippen LogP contribution in [0.2, 0.25) is 0 Å². The summed E-state index contributed by atoms with van der Waals surface area (Å²) in [4.78, 5) is 53.7. The molecule has 0 unspecified atom stereocenters. The van der Waals surface area contributed by atoms with E-state index < -0.39 is 41.3 Å². The fourth-order valence-electron chi connectivity index (χ4n) is 1.04. The minimum atomic E-state index is -4.45. The van der Waals surface area contributed by atoms with Crippen LogP contribution < -0.4 is 0 Å². The van der Waals surface area contributed by atoms with E-state index in [1.807, 2.05) is 0 Å². The molecule has 0 aromatic rings. The maximum atomic E-state index is 10.7. The van der Waals surface area contributed by atoms with Gasteiger partial charge in [0.1, 0.15) is 13.6 Å². The predicted octanol–water partition coefficient (Wildman–Crippen LogP) is -1.18. The van der Waals surface area contributed by atoms with Crippen LogP contribution in [0.15, 0.2) is 0 Å². The van der Waals surface area contributed by atoms with Gasteiger partial charge in [0.05, 0.1) is 12.4 Å². The minimum absolute atomic E-state index is 0.367. The van der Waals surface area contributed by atoms with E-state index in [1.54, 1.807) is 0 Å². The zero-order chi connectivity index (χ0) is 13.9. The molecule has 0 bridgehead atoms. The quantitative estimate of drug-likeness (QED) is 0.318. The number of nitrogens with zero attached hydrogens (tertiary/aromatic N) is 1. The van der Waals surface area contributed by atoms with E-state index in [2.05, 4.69) is 6.30 Å². The van der Waals surface area contributed by atoms with Crippen LogP contribution in [0.4, 0.5) is 0 Å². The Kier molecular flexibility index (Phi) is 6.25. The molecule has 0 saturated heterocycles. The summed E-state index contributed by atoms with van der Waals surface area (Å²) in [6, 6.07) is 0. The van der Waals surface area contributed by atoms with Crippen molar-refractivity contribution < 1.29 is 38.5 Å². The highest BCUT2D eigenvalue weighted by Crippen LogP contribution is 2.41. The van der Waals surface area contributed by atoms with E-state index in [0.717, 1.165) is 4.90 Å². The largest absolute Gasteiger partial charge is 0.352 e. The van der Waals surface area contributed by atoms with E-state index in [4.69, 9.17) is 29.4 Å². The molecule has 0 amide bonds. The molecule has 0 aliphatic heterocycles. The molecule has 0 spiro atoms. The van der Waals surface area contributed by atoms with Gasteiger partial charge >= 0.3 is 15.2 Å². The van der Waals surface area contributed by atoms with Crippen molar-refractivity contribution in [1.82, 2.24) is 4.90 Å². The molecular weight excluding hydrogens is 295 g/mol. The average molecular weight is 311 g/mol. The lowest BCUT2D eigenvalue weighted by Crippen LogP contribution is -2.29. The van der Waals surface area contributed by atoms with E-state index in [0.29, 0.717) is 0 Å². The summed E-state index contributed by atoms with van der Waals surface area (Å²) in [6.07, 6.45) is 1.04. The fraction of sp³-hybridized carbons (Fsp3) is 0.800. The van der Waals surface area contributed by atoms with Crippen LogP contribution in [0.1, 0.15) is 0 Å². The van der Waals surface area contributed by atoms with Crippen LogP contribution >= 0.6 is 22.5 Å². The van der Waals surface area contributed by atoms with Crippen LogP contribution in [0.25, 0.3) is 0 Å². The van der Waals surface area contributed by atoms with Crippen LogP contribution in [0, 0.1) is 0 Å². The standard InChI is InChI=1S/C5H16NO8P3/c1-15(7,8)4-6(5-17(12,13)14)2-3-16(9,10)11/h7-8H,1-5H2,(H2,9,10,11)(H2,12,13,14). The maximum absolute atomic E-state index is 10.7. The van der Waals surface area contributed by atoms with Crippen molar-refractivity contribution in [2.75, 3.05) is 25.3 Å². The first-order valence-electron chi connectivity index (χ1n) is 4.28. The summed E-state index contributed by atoms with van der Waals surface area (Å²) < 4.78 is 21.3. The van der Waals surface area contributed by atoms with Gasteiger partial charge in [0.25, 0.3) is 0 Å². The Morgan fingerprint density at radius 1 is 0.882 bits per heavy atom. The van der Waals surface area contributed by atoms with Crippen LogP contribution in [-0.4, -0.2) is 65.8 Å². The lowest BCUT2D eigenvalue weighted by Gasteiger charge is -2.25. The van der Waals surface area contributed by atoms with Crippen molar-refractivity contribution in [3.8, 4) is 0 Å². The Labute approximate surface area is 98.2 Å². The summed E-state index contributed by atoms with van der Waals surface area (Å²) in [5.41, 5.74) is 0. The van der Waals surface area contributed by atoms with Gasteiger partial charge in [0.15, 0.2) is 0 Å². The van der Waals surface area contributed by atoms with Gasteiger partial charge in [0.2, 0.25) is 0 Å². The highest BCUT2D eigenvalue weighted by atomic mass is 31.2. The Balaban J connectivity index is 4.58. The third kappa shape index (κ3) is 12.7. The van der Waals surface area contributed by atoms with Crippen LogP contribution in [0.3, 0.4) is 0 Å². The van der Waals surface area contributed by atoms with Gasteiger partial charge in [-0.1, -0.05) is 6.30 Å². The van der Waals surface area contributed by atoms with E-state index in [-0.39, 0.29) is 6.54 Å². The summed E-state index contributed by atoms with van der Waals surface area (Å²) in [5, 5.41) is 0. The normalized spacial score (nSPS) is 14.3. The molecule has 104 valence electrons. The number of hydrogen-bond acceptors (Lipinski definition) is 5. The number of hydrogen-bond donors (Lipinski definition) is 6. The molecule has 0 rings (SSSR count). The average Bonchev–Trinajstić information content (AvgIpc) is 1.92. The summed E-state index contributed by atoms with van der Waals surface area (Å²) in [5.74, 6) is 0. The van der Waals surface area contributed by atoms with Crippen molar-refractivity contribution in [1.29, 1.82) is 0 Å². The Hall–Kier alpha value is 0.480. The van der Waals surface area contributed by atoms with Crippen molar-refractivity contribution >= 4 is 28.8 Å². The Bertz CT molecular complexity index is 355. The second-order valence-corrected chi connectivity index (χ2v) is 9.04. The highest BCUT2D eigenvalue weighted by Gasteiger charge is 2.24. The molecule has 9 nitrogen and oxygen atoms in total. The monoisotopic (exact) mass is 311 g/mol. The molecule has 0 aliphatic carbocycles. The summed E-state index contributed by atoms with van der Waals surface area (Å²) in [7, 11) is -12.3. The zero-order valence-electron chi connectivity index (χ0n) is 8.82. The smallest absolute Gasteiger partial charge is 0.339 e. The van der Waals surface area contributed by atoms with Crippen molar-refractivity contribution in [2.45, 2.75) is 0 Å². The van der Waals surface area contributed by atoms with Gasteiger partial charge in [-0.15, -0.1) is 0 Å². The minimum Gasteiger partial charge on any atom is -0.352 e. The van der Waals surface area contributed by atoms with E-state index >= 15 is 0 Å². The van der Waals surface area contributed by atoms with E-state index in [9.17, 15) is 9.13 Å². The highest BCUT2D eigenvalue weighted by molar-refractivity contribution is 7.62. The summed E-state index contributed by atoms with van der Waals surface area (Å²) >= 11 is 0. The molecule has 0 heterocycles. The molecule has 12 heteroatoms. The SMILES string of the molecule is C=P(O)(O)CN(CCP(=O)(O)O)CP(=O)(O)O. The molecule has 0 atom stereocenters. The lowest BCUT2D eigenvalue weighted by atomic mass is 10.7. The molecule has 6 N–H and O–H groups in total. The van der Waals surface area contributed by atoms with Gasteiger partial charge < -0.3 is 29.4 Å². The van der Waals surface area contributed by atoms with Gasteiger partial charge in [0, 0.05) is 6.54 Å². The predicted molar refractivity (Wildman–Crippen MR) is 63.9 cm³/mol. The second kappa shape index (κ2) is 6.08. The van der Waals surface area contributed by atoms with Gasteiger partial charge in [-0.3, -0.25) is 14.0 Å². The number of rotatable bonds is 7. The molecule has 17 heavy (non-hydrogen) atoms. The maximum Gasteiger partial charge on any atom is 0.339 e. The molecule has 0 aromatic carbocycles. The molecule has 0 aromatic heterocycles. The lowest BCUT2D eigenvalue weighted by molar-refractivity contribution is 0.294. The van der Waals surface area contributed by atoms with Crippen LogP contribution in [-0.2, 0) is 9.13 Å². The van der Waals surface area contributed by atoms with E-state index in [1.165, 1.54) is 0 Å². The first-order valence-corrected chi connectivity index (χ1v) is 9.94. The van der Waals surface area contributed by atoms with Gasteiger partial charge in [-0.25, -0.2) is 0 Å². The molecular formula is C5H16NO8P3. The van der Waals surface area contributed by atoms with Gasteiger partial charge in [-0.05, 0) is 0 Å². The molecule has 0 fully saturated rings. The summed E-state index contributed by atoms with van der Waals surface area (Å²) in [6.45, 7) is -0.367. The fourth-order valence-corrected chi connectivity index (χ4v) is 3.38. The van der Waals surface area contributed by atoms with Crippen molar-refractivity contribution in [3.63, 3.8) is 0 Å². The molecule has 0 radical (unpaired) electrons. The van der Waals surface area contributed by atoms with Crippen LogP contribution in [0.5, 0.6) is 0 Å². The zero-order valence-corrected chi connectivity index (χ0v) is 11.5. The Morgan fingerprint density at radius 3 is 1.65 bits per heavy atom. The second-order valence-electron chi connectivity index (χ2n) is 3.61. The third-order valence-corrected chi connectivity index (χ3v) is 3.92. The molecule has 0 aliphatic rings. The molecule has 0 saturated carbocycles. The first-order chi connectivity index (χ1) is 7.29. The third-order valence-electron chi connectivity index (χ3n) is 1.52. The first kappa shape index (κ1) is 17.5. The topological polar surface area (TPSA) is 159 Å².